The molecule has 1 aromatic rings. The predicted octanol–water partition coefficient (Wildman–Crippen LogP) is 2.31. The molecule has 0 radical (unpaired) electrons. The van der Waals surface area contributed by atoms with E-state index in [0.29, 0.717) is 19.8 Å². The molecule has 0 saturated heterocycles. The van der Waals surface area contributed by atoms with E-state index in [4.69, 9.17) is 9.47 Å². The summed E-state index contributed by atoms with van der Waals surface area (Å²) >= 11 is 0. The lowest BCUT2D eigenvalue weighted by Gasteiger charge is -2.18. The molecule has 0 heterocycles. The van der Waals surface area contributed by atoms with Gasteiger partial charge in [-0.05, 0) is 19.0 Å². The third kappa shape index (κ3) is 5.31. The van der Waals surface area contributed by atoms with Crippen LogP contribution in [0.1, 0.15) is 24.1 Å². The van der Waals surface area contributed by atoms with E-state index in [1.807, 2.05) is 0 Å². The topological polar surface area (TPSA) is 30.5 Å². The van der Waals surface area contributed by atoms with Crippen molar-refractivity contribution < 1.29 is 9.47 Å². The predicted molar refractivity (Wildman–Crippen MR) is 70.3 cm³/mol. The van der Waals surface area contributed by atoms with Crippen molar-refractivity contribution in [2.45, 2.75) is 19.9 Å². The number of hydrogen-bond acceptors (Lipinski definition) is 3. The van der Waals surface area contributed by atoms with Crippen molar-refractivity contribution in [2.24, 2.45) is 0 Å². The van der Waals surface area contributed by atoms with E-state index in [1.165, 1.54) is 11.1 Å². The van der Waals surface area contributed by atoms with E-state index >= 15 is 0 Å². The molecule has 0 fully saturated rings. The van der Waals surface area contributed by atoms with Crippen molar-refractivity contribution in [1.82, 2.24) is 5.32 Å². The van der Waals surface area contributed by atoms with Gasteiger partial charge in [0.25, 0.3) is 0 Å². The van der Waals surface area contributed by atoms with Crippen LogP contribution in [0.5, 0.6) is 0 Å². The highest BCUT2D eigenvalue weighted by Crippen LogP contribution is 2.14. The van der Waals surface area contributed by atoms with Gasteiger partial charge < -0.3 is 14.8 Å². The van der Waals surface area contributed by atoms with E-state index in [0.717, 1.165) is 6.54 Å². The van der Waals surface area contributed by atoms with Gasteiger partial charge in [-0.1, -0.05) is 36.8 Å². The molecule has 3 heteroatoms. The van der Waals surface area contributed by atoms with Gasteiger partial charge in [0.05, 0.1) is 25.9 Å². The minimum absolute atomic E-state index is 0.261. The zero-order valence-electron chi connectivity index (χ0n) is 11.0. The van der Waals surface area contributed by atoms with Crippen molar-refractivity contribution in [3.63, 3.8) is 0 Å². The minimum Gasteiger partial charge on any atom is -0.382 e. The quantitative estimate of drug-likeness (QED) is 0.704. The maximum absolute atomic E-state index is 5.60. The third-order valence-electron chi connectivity index (χ3n) is 2.61. The van der Waals surface area contributed by atoms with Gasteiger partial charge in [-0.25, -0.2) is 0 Å². The summed E-state index contributed by atoms with van der Waals surface area (Å²) in [7, 11) is 1.69. The van der Waals surface area contributed by atoms with Crippen molar-refractivity contribution >= 4 is 0 Å². The van der Waals surface area contributed by atoms with Crippen LogP contribution in [0.4, 0.5) is 0 Å². The summed E-state index contributed by atoms with van der Waals surface area (Å²) in [5.74, 6) is 0. The average molecular weight is 237 g/mol. The Bertz CT molecular complexity index is 315. The molecule has 1 N–H and O–H groups in total. The average Bonchev–Trinajstić information content (AvgIpc) is 2.33. The fourth-order valence-electron chi connectivity index (χ4n) is 1.75. The van der Waals surface area contributed by atoms with E-state index in [-0.39, 0.29) is 6.04 Å². The Kier molecular flexibility index (Phi) is 6.86. The van der Waals surface area contributed by atoms with Crippen molar-refractivity contribution in [3.05, 3.63) is 35.4 Å². The zero-order chi connectivity index (χ0) is 12.5. The molecule has 0 aliphatic carbocycles. The first-order valence-electron chi connectivity index (χ1n) is 6.14. The van der Waals surface area contributed by atoms with Gasteiger partial charge in [0.2, 0.25) is 0 Å². The second kappa shape index (κ2) is 8.23. The number of rotatable bonds is 8. The van der Waals surface area contributed by atoms with E-state index in [9.17, 15) is 0 Å². The molecule has 1 atom stereocenters. The van der Waals surface area contributed by atoms with Crippen molar-refractivity contribution in [3.8, 4) is 0 Å². The van der Waals surface area contributed by atoms with E-state index in [1.54, 1.807) is 7.11 Å². The molecule has 0 bridgehead atoms. The summed E-state index contributed by atoms with van der Waals surface area (Å²) in [4.78, 5) is 0. The molecule has 0 aliphatic rings. The Hall–Kier alpha value is -0.900. The maximum atomic E-state index is 5.60. The molecule has 96 valence electrons. The molecule has 0 spiro atoms. The van der Waals surface area contributed by atoms with Gasteiger partial charge in [0.15, 0.2) is 0 Å². The minimum atomic E-state index is 0.261. The fraction of sp³-hybridized carbons (Fsp3) is 0.571. The molecule has 0 amide bonds. The number of benzene rings is 1. The summed E-state index contributed by atoms with van der Waals surface area (Å²) in [5, 5.41) is 3.44. The number of hydrogen-bond donors (Lipinski definition) is 1. The number of methoxy groups -OCH3 is 1. The molecule has 0 aromatic heterocycles. The van der Waals surface area contributed by atoms with Gasteiger partial charge in [-0.15, -0.1) is 0 Å². The highest BCUT2D eigenvalue weighted by Gasteiger charge is 2.10. The first-order chi connectivity index (χ1) is 8.27. The number of ether oxygens (including phenoxy) is 2. The Morgan fingerprint density at radius 3 is 2.76 bits per heavy atom. The van der Waals surface area contributed by atoms with Crippen LogP contribution in [0.2, 0.25) is 0 Å². The lowest BCUT2D eigenvalue weighted by Crippen LogP contribution is -2.26. The van der Waals surface area contributed by atoms with Crippen LogP contribution in [-0.2, 0) is 9.47 Å². The van der Waals surface area contributed by atoms with Crippen LogP contribution in [0, 0.1) is 6.92 Å². The fourth-order valence-corrected chi connectivity index (χ4v) is 1.75. The zero-order valence-corrected chi connectivity index (χ0v) is 11.0. The molecular weight excluding hydrogens is 214 g/mol. The summed E-state index contributed by atoms with van der Waals surface area (Å²) in [5.41, 5.74) is 2.56. The second-order valence-electron chi connectivity index (χ2n) is 4.09. The van der Waals surface area contributed by atoms with Crippen LogP contribution in [0.3, 0.4) is 0 Å². The van der Waals surface area contributed by atoms with Gasteiger partial charge in [0.1, 0.15) is 0 Å². The van der Waals surface area contributed by atoms with Crippen LogP contribution in [0.25, 0.3) is 0 Å². The molecule has 0 aliphatic heterocycles. The van der Waals surface area contributed by atoms with E-state index in [2.05, 4.69) is 43.4 Å². The van der Waals surface area contributed by atoms with Gasteiger partial charge >= 0.3 is 0 Å². The van der Waals surface area contributed by atoms with Crippen LogP contribution < -0.4 is 5.32 Å². The van der Waals surface area contributed by atoms with Crippen LogP contribution in [-0.4, -0.2) is 33.5 Å². The smallest absolute Gasteiger partial charge is 0.0701 e. The Morgan fingerprint density at radius 2 is 2.12 bits per heavy atom. The van der Waals surface area contributed by atoms with Gasteiger partial charge in [0, 0.05) is 7.11 Å². The van der Waals surface area contributed by atoms with Crippen molar-refractivity contribution in [2.75, 3.05) is 33.5 Å². The molecule has 17 heavy (non-hydrogen) atoms. The molecule has 3 nitrogen and oxygen atoms in total. The highest BCUT2D eigenvalue weighted by atomic mass is 16.5. The number of nitrogens with one attached hydrogen (secondary N) is 1. The molecule has 1 unspecified atom stereocenters. The normalized spacial score (nSPS) is 12.6. The number of likely N-dealkylation sites (N-methyl/N-ethyl adjacent to an activating group) is 1. The second-order valence-corrected chi connectivity index (χ2v) is 4.09. The maximum Gasteiger partial charge on any atom is 0.0701 e. The van der Waals surface area contributed by atoms with Crippen molar-refractivity contribution in [1.29, 1.82) is 0 Å². The molecule has 1 aromatic carbocycles. The standard InChI is InChI=1S/C14H23NO2/c1-4-15-14(11-17-9-8-16-3)13-7-5-6-12(2)10-13/h5-7,10,14-15H,4,8-9,11H2,1-3H3. The lowest BCUT2D eigenvalue weighted by molar-refractivity contribution is 0.0588. The summed E-state index contributed by atoms with van der Waals surface area (Å²) in [6.07, 6.45) is 0. The Balaban J connectivity index is 2.52. The summed E-state index contributed by atoms with van der Waals surface area (Å²) < 4.78 is 10.6. The van der Waals surface area contributed by atoms with Gasteiger partial charge in [-0.2, -0.15) is 0 Å². The molecule has 0 saturated carbocycles. The first kappa shape index (κ1) is 14.2. The van der Waals surface area contributed by atoms with E-state index < -0.39 is 0 Å². The van der Waals surface area contributed by atoms with Gasteiger partial charge in [-0.3, -0.25) is 0 Å². The molecule has 1 rings (SSSR count). The van der Waals surface area contributed by atoms with Crippen LogP contribution >= 0.6 is 0 Å². The Labute approximate surface area is 104 Å². The highest BCUT2D eigenvalue weighted by molar-refractivity contribution is 5.25. The number of aryl methyl sites for hydroxylation is 1. The largest absolute Gasteiger partial charge is 0.382 e. The third-order valence-corrected chi connectivity index (χ3v) is 2.61. The van der Waals surface area contributed by atoms with Crippen LogP contribution in [0.15, 0.2) is 24.3 Å². The monoisotopic (exact) mass is 237 g/mol. The first-order valence-corrected chi connectivity index (χ1v) is 6.14. The Morgan fingerprint density at radius 1 is 1.29 bits per heavy atom. The SMILES string of the molecule is CCNC(COCCOC)c1cccc(C)c1. The molecular formula is C14H23NO2. The summed E-state index contributed by atoms with van der Waals surface area (Å²) in [6, 6.07) is 8.80. The lowest BCUT2D eigenvalue weighted by atomic mass is 10.1. The summed E-state index contributed by atoms with van der Waals surface area (Å²) in [6.45, 7) is 7.13.